The third kappa shape index (κ3) is 2.66. The maximum atomic E-state index is 11.8. The summed E-state index contributed by atoms with van der Waals surface area (Å²) in [5.74, 6) is 1.88. The predicted molar refractivity (Wildman–Crippen MR) is 79.5 cm³/mol. The van der Waals surface area contributed by atoms with Crippen molar-refractivity contribution in [2.75, 3.05) is 24.6 Å². The van der Waals surface area contributed by atoms with Crippen LogP contribution in [-0.4, -0.2) is 53.2 Å². The van der Waals surface area contributed by atoms with Crippen LogP contribution in [0.3, 0.4) is 0 Å². The Morgan fingerprint density at radius 2 is 2.35 bits per heavy atom. The van der Waals surface area contributed by atoms with Gasteiger partial charge in [-0.15, -0.1) is 11.8 Å². The molecule has 0 unspecified atom stereocenters. The fourth-order valence-electron chi connectivity index (χ4n) is 2.68. The van der Waals surface area contributed by atoms with Crippen LogP contribution in [0.1, 0.15) is 13.3 Å². The molecule has 0 radical (unpaired) electrons. The zero-order valence-corrected chi connectivity index (χ0v) is 13.0. The van der Waals surface area contributed by atoms with Crippen LogP contribution in [0.2, 0.25) is 0 Å². The average Bonchev–Trinajstić information content (AvgIpc) is 2.82. The van der Waals surface area contributed by atoms with Crippen LogP contribution in [0, 0.1) is 0 Å². The topological polar surface area (TPSA) is 59.5 Å². The van der Waals surface area contributed by atoms with Crippen LogP contribution >= 0.6 is 11.8 Å². The fraction of sp³-hybridized carbons (Fsp3) is 0.615. The summed E-state index contributed by atoms with van der Waals surface area (Å²) < 4.78 is 31.1. The minimum atomic E-state index is -3.03. The minimum absolute atomic E-state index is 0.0646. The second-order valence-electron chi connectivity index (χ2n) is 5.30. The molecular formula is C13H18N2O3S2. The van der Waals surface area contributed by atoms with Crippen molar-refractivity contribution in [3.05, 3.63) is 24.5 Å². The Balaban J connectivity index is 1.57. The lowest BCUT2D eigenvalue weighted by Crippen LogP contribution is -2.61. The van der Waals surface area contributed by atoms with Gasteiger partial charge in [0.2, 0.25) is 10.0 Å². The second kappa shape index (κ2) is 5.20. The molecule has 2 fully saturated rings. The summed E-state index contributed by atoms with van der Waals surface area (Å²) in [6.45, 7) is 2.94. The highest BCUT2D eigenvalue weighted by Crippen LogP contribution is 2.46. The molecule has 7 heteroatoms. The summed E-state index contributed by atoms with van der Waals surface area (Å²) in [7, 11) is -3.03. The Morgan fingerprint density at radius 3 is 3.00 bits per heavy atom. The van der Waals surface area contributed by atoms with E-state index in [1.54, 1.807) is 23.6 Å². The van der Waals surface area contributed by atoms with E-state index in [0.717, 1.165) is 17.9 Å². The molecule has 0 aliphatic carbocycles. The molecule has 0 aromatic carbocycles. The van der Waals surface area contributed by atoms with Crippen LogP contribution in [0.5, 0.6) is 5.75 Å². The first-order valence-electron chi connectivity index (χ1n) is 6.71. The summed E-state index contributed by atoms with van der Waals surface area (Å²) in [6, 6.07) is 3.75. The molecule has 0 N–H and O–H groups in total. The van der Waals surface area contributed by atoms with E-state index in [0.29, 0.717) is 13.1 Å². The van der Waals surface area contributed by atoms with Crippen molar-refractivity contribution < 1.29 is 13.2 Å². The number of thioether (sulfide) groups is 1. The van der Waals surface area contributed by atoms with Crippen LogP contribution < -0.4 is 4.74 Å². The van der Waals surface area contributed by atoms with E-state index >= 15 is 0 Å². The molecular weight excluding hydrogens is 296 g/mol. The van der Waals surface area contributed by atoms with Crippen LogP contribution in [0.4, 0.5) is 0 Å². The van der Waals surface area contributed by atoms with E-state index in [1.165, 1.54) is 0 Å². The smallest absolute Gasteiger partial charge is 0.213 e. The molecule has 5 nitrogen and oxygen atoms in total. The number of pyridine rings is 1. The second-order valence-corrected chi connectivity index (χ2v) is 9.04. The molecule has 1 aromatic heterocycles. The minimum Gasteiger partial charge on any atom is -0.488 e. The summed E-state index contributed by atoms with van der Waals surface area (Å²) in [5, 5.41) is 0. The van der Waals surface area contributed by atoms with Crippen molar-refractivity contribution in [3.8, 4) is 5.75 Å². The van der Waals surface area contributed by atoms with Crippen LogP contribution in [0.25, 0.3) is 0 Å². The third-order valence-electron chi connectivity index (χ3n) is 3.80. The standard InChI is InChI=1S/C13H18N2O3S2/c1-2-20(16,17)15-9-13(10-15)6-12(8-19-13)18-11-4-3-5-14-7-11/h3-5,7,12H,2,6,8-10H2,1H3/t12-/m0/s1. The molecule has 2 aliphatic rings. The molecule has 3 heterocycles. The molecule has 0 bridgehead atoms. The van der Waals surface area contributed by atoms with Gasteiger partial charge in [0.15, 0.2) is 0 Å². The third-order valence-corrected chi connectivity index (χ3v) is 7.15. The first kappa shape index (κ1) is 14.2. The Morgan fingerprint density at radius 1 is 1.55 bits per heavy atom. The maximum Gasteiger partial charge on any atom is 0.213 e. The lowest BCUT2D eigenvalue weighted by Gasteiger charge is -2.46. The number of rotatable bonds is 4. The number of sulfonamides is 1. The first-order valence-corrected chi connectivity index (χ1v) is 9.31. The molecule has 1 aromatic rings. The van der Waals surface area contributed by atoms with Crippen molar-refractivity contribution >= 4 is 21.8 Å². The van der Waals surface area contributed by atoms with Crippen LogP contribution in [0.15, 0.2) is 24.5 Å². The molecule has 1 spiro atoms. The Bertz CT molecular complexity index is 571. The zero-order valence-electron chi connectivity index (χ0n) is 11.4. The molecule has 2 saturated heterocycles. The van der Waals surface area contributed by atoms with Gasteiger partial charge in [0.1, 0.15) is 11.9 Å². The van der Waals surface area contributed by atoms with Gasteiger partial charge in [0.25, 0.3) is 0 Å². The van der Waals surface area contributed by atoms with E-state index < -0.39 is 10.0 Å². The summed E-state index contributed by atoms with van der Waals surface area (Å²) >= 11 is 1.84. The number of aromatic nitrogens is 1. The number of nitrogens with zero attached hydrogens (tertiary/aromatic N) is 2. The quantitative estimate of drug-likeness (QED) is 0.840. The predicted octanol–water partition coefficient (Wildman–Crippen LogP) is 1.37. The Hall–Kier alpha value is -0.790. The fourth-order valence-corrected chi connectivity index (χ4v) is 5.62. The van der Waals surface area contributed by atoms with Gasteiger partial charge in [-0.25, -0.2) is 8.42 Å². The van der Waals surface area contributed by atoms with Gasteiger partial charge in [0, 0.05) is 36.2 Å². The van der Waals surface area contributed by atoms with Crippen molar-refractivity contribution in [1.29, 1.82) is 0 Å². The molecule has 1 atom stereocenters. The number of hydrogen-bond donors (Lipinski definition) is 0. The summed E-state index contributed by atoms with van der Waals surface area (Å²) in [5.41, 5.74) is 0. The Labute approximate surface area is 123 Å². The van der Waals surface area contributed by atoms with E-state index in [-0.39, 0.29) is 16.6 Å². The number of hydrogen-bond acceptors (Lipinski definition) is 5. The van der Waals surface area contributed by atoms with Crippen molar-refractivity contribution in [1.82, 2.24) is 9.29 Å². The Kier molecular flexibility index (Phi) is 3.68. The molecule has 20 heavy (non-hydrogen) atoms. The van der Waals surface area contributed by atoms with E-state index in [4.69, 9.17) is 4.74 Å². The van der Waals surface area contributed by atoms with E-state index in [1.807, 2.05) is 23.9 Å². The highest BCUT2D eigenvalue weighted by atomic mass is 32.2. The van der Waals surface area contributed by atoms with Gasteiger partial charge in [-0.3, -0.25) is 4.98 Å². The average molecular weight is 314 g/mol. The molecule has 2 aliphatic heterocycles. The van der Waals surface area contributed by atoms with Gasteiger partial charge in [0.05, 0.1) is 11.9 Å². The maximum absolute atomic E-state index is 11.8. The van der Waals surface area contributed by atoms with E-state index in [9.17, 15) is 8.42 Å². The van der Waals surface area contributed by atoms with Crippen molar-refractivity contribution in [2.45, 2.75) is 24.2 Å². The zero-order chi connectivity index (χ0) is 14.2. The van der Waals surface area contributed by atoms with Crippen molar-refractivity contribution in [3.63, 3.8) is 0 Å². The number of ether oxygens (including phenoxy) is 1. The summed E-state index contributed by atoms with van der Waals surface area (Å²) in [6.07, 6.45) is 4.49. The lowest BCUT2D eigenvalue weighted by atomic mass is 9.95. The van der Waals surface area contributed by atoms with Gasteiger partial charge in [-0.05, 0) is 19.1 Å². The highest BCUT2D eigenvalue weighted by molar-refractivity contribution is 8.01. The van der Waals surface area contributed by atoms with Crippen molar-refractivity contribution in [2.24, 2.45) is 0 Å². The normalized spacial score (nSPS) is 25.6. The molecule has 110 valence electrons. The molecule has 3 rings (SSSR count). The molecule has 0 amide bonds. The van der Waals surface area contributed by atoms with Gasteiger partial charge in [-0.2, -0.15) is 4.31 Å². The molecule has 0 saturated carbocycles. The monoisotopic (exact) mass is 314 g/mol. The van der Waals surface area contributed by atoms with Gasteiger partial charge >= 0.3 is 0 Å². The SMILES string of the molecule is CCS(=O)(=O)N1CC2(C[C@H](Oc3cccnc3)CS2)C1. The lowest BCUT2D eigenvalue weighted by molar-refractivity contribution is 0.159. The summed E-state index contributed by atoms with van der Waals surface area (Å²) in [4.78, 5) is 4.03. The van der Waals surface area contributed by atoms with Gasteiger partial charge < -0.3 is 4.74 Å². The van der Waals surface area contributed by atoms with E-state index in [2.05, 4.69) is 4.98 Å². The first-order chi connectivity index (χ1) is 9.53. The van der Waals surface area contributed by atoms with Gasteiger partial charge in [-0.1, -0.05) is 0 Å². The van der Waals surface area contributed by atoms with Crippen LogP contribution in [-0.2, 0) is 10.0 Å². The highest BCUT2D eigenvalue weighted by Gasteiger charge is 2.52. The largest absolute Gasteiger partial charge is 0.488 e.